The van der Waals surface area contributed by atoms with E-state index in [-0.39, 0.29) is 17.9 Å². The number of nitro groups is 1. The number of nitrogens with one attached hydrogen (secondary N) is 3. The monoisotopic (exact) mass is 401 g/mol. The summed E-state index contributed by atoms with van der Waals surface area (Å²) < 4.78 is 10.4. The third-order valence-electron chi connectivity index (χ3n) is 3.55. The quantitative estimate of drug-likeness (QED) is 0.350. The van der Waals surface area contributed by atoms with E-state index in [1.54, 1.807) is 18.2 Å². The lowest BCUT2D eigenvalue weighted by Crippen LogP contribution is -2.37. The van der Waals surface area contributed by atoms with E-state index in [9.17, 15) is 19.7 Å². The Labute approximate surface area is 165 Å². The van der Waals surface area contributed by atoms with Crippen LogP contribution in [0.4, 0.5) is 16.2 Å². The molecule has 0 atom stereocenters. The predicted octanol–water partition coefficient (Wildman–Crippen LogP) is 1.88. The molecule has 29 heavy (non-hydrogen) atoms. The van der Waals surface area contributed by atoms with Gasteiger partial charge in [0.05, 0.1) is 25.4 Å². The predicted molar refractivity (Wildman–Crippen MR) is 105 cm³/mol. The Morgan fingerprint density at radius 3 is 2.62 bits per heavy atom. The maximum absolute atomic E-state index is 11.8. The van der Waals surface area contributed by atoms with Crippen molar-refractivity contribution in [1.82, 2.24) is 10.7 Å². The number of hydrazone groups is 1. The van der Waals surface area contributed by atoms with Gasteiger partial charge in [-0.05, 0) is 18.2 Å². The minimum absolute atomic E-state index is 0.164. The zero-order chi connectivity index (χ0) is 21.2. The largest absolute Gasteiger partial charge is 0.493 e. The molecule has 0 aliphatic heterocycles. The number of benzene rings is 2. The summed E-state index contributed by atoms with van der Waals surface area (Å²) in [6.45, 7) is -0.354. The SMILES string of the molecule is COc1cccc(/C=N\NC(=O)CNC(=O)Nc2cccc([N+](=O)[O-])c2)c1OC. The highest BCUT2D eigenvalue weighted by molar-refractivity contribution is 5.93. The second-order valence-electron chi connectivity index (χ2n) is 5.49. The molecule has 2 aromatic carbocycles. The number of urea groups is 1. The van der Waals surface area contributed by atoms with Crippen LogP contribution in [-0.4, -0.2) is 43.8 Å². The molecule has 0 heterocycles. The number of carbonyl (C=O) groups excluding carboxylic acids is 2. The molecule has 11 nitrogen and oxygen atoms in total. The standard InChI is InChI=1S/C18H19N5O6/c1-28-15-8-3-5-12(17(15)29-2)10-20-22-16(24)11-19-18(25)21-13-6-4-7-14(9-13)23(26)27/h3-10H,11H2,1-2H3,(H,22,24)(H2,19,21,25)/b20-10-. The van der Waals surface area contributed by atoms with Gasteiger partial charge in [-0.15, -0.1) is 0 Å². The lowest BCUT2D eigenvalue weighted by molar-refractivity contribution is -0.384. The van der Waals surface area contributed by atoms with Gasteiger partial charge < -0.3 is 20.1 Å². The summed E-state index contributed by atoms with van der Waals surface area (Å²) in [4.78, 5) is 33.8. The molecule has 0 aliphatic rings. The highest BCUT2D eigenvalue weighted by atomic mass is 16.6. The Bertz CT molecular complexity index is 931. The first-order chi connectivity index (χ1) is 13.9. The molecule has 152 valence electrons. The average Bonchev–Trinajstić information content (AvgIpc) is 2.72. The van der Waals surface area contributed by atoms with Gasteiger partial charge in [-0.1, -0.05) is 12.1 Å². The lowest BCUT2D eigenvalue weighted by atomic mass is 10.2. The van der Waals surface area contributed by atoms with Crippen LogP contribution in [0.25, 0.3) is 0 Å². The molecule has 0 unspecified atom stereocenters. The fourth-order valence-corrected chi connectivity index (χ4v) is 2.26. The van der Waals surface area contributed by atoms with E-state index in [1.165, 1.54) is 44.7 Å². The second kappa shape index (κ2) is 10.3. The summed E-state index contributed by atoms with van der Waals surface area (Å²) >= 11 is 0. The van der Waals surface area contributed by atoms with E-state index < -0.39 is 16.9 Å². The summed E-state index contributed by atoms with van der Waals surface area (Å²) in [5.41, 5.74) is 2.91. The van der Waals surface area contributed by atoms with Crippen LogP contribution in [0.5, 0.6) is 11.5 Å². The molecule has 0 saturated heterocycles. The number of carbonyl (C=O) groups is 2. The van der Waals surface area contributed by atoms with Crippen molar-refractivity contribution in [3.63, 3.8) is 0 Å². The van der Waals surface area contributed by atoms with E-state index >= 15 is 0 Å². The molecule has 0 radical (unpaired) electrons. The molecule has 0 saturated carbocycles. The smallest absolute Gasteiger partial charge is 0.319 e. The zero-order valence-electron chi connectivity index (χ0n) is 15.7. The number of ether oxygens (including phenoxy) is 2. The molecule has 11 heteroatoms. The second-order valence-corrected chi connectivity index (χ2v) is 5.49. The van der Waals surface area contributed by atoms with Crippen LogP contribution in [0.15, 0.2) is 47.6 Å². The first kappa shape index (κ1) is 21.2. The van der Waals surface area contributed by atoms with Crippen molar-refractivity contribution >= 4 is 29.5 Å². The summed E-state index contributed by atoms with van der Waals surface area (Å²) in [6.07, 6.45) is 1.38. The molecule has 0 spiro atoms. The number of non-ortho nitro benzene ring substituents is 1. The van der Waals surface area contributed by atoms with E-state index in [1.807, 2.05) is 0 Å². The molecule has 2 aromatic rings. The number of nitrogens with zero attached hydrogens (tertiary/aromatic N) is 2. The van der Waals surface area contributed by atoms with Crippen LogP contribution in [0.1, 0.15) is 5.56 Å². The number of anilines is 1. The van der Waals surface area contributed by atoms with Crippen LogP contribution < -0.4 is 25.5 Å². The molecule has 0 aromatic heterocycles. The molecule has 3 amide bonds. The summed E-state index contributed by atoms with van der Waals surface area (Å²) in [6, 6.07) is 9.90. The van der Waals surface area contributed by atoms with Crippen molar-refractivity contribution in [3.05, 3.63) is 58.1 Å². The maximum atomic E-state index is 11.8. The molecule has 2 rings (SSSR count). The Morgan fingerprint density at radius 1 is 1.17 bits per heavy atom. The van der Waals surface area contributed by atoms with Crippen molar-refractivity contribution < 1.29 is 24.0 Å². The first-order valence-electron chi connectivity index (χ1n) is 8.26. The Hall–Kier alpha value is -4.15. The molecular formula is C18H19N5O6. The molecule has 3 N–H and O–H groups in total. The van der Waals surface area contributed by atoms with Gasteiger partial charge in [-0.25, -0.2) is 10.2 Å². The number of amides is 3. The van der Waals surface area contributed by atoms with Crippen LogP contribution in [0.2, 0.25) is 0 Å². The highest BCUT2D eigenvalue weighted by Crippen LogP contribution is 2.29. The number of hydrogen-bond acceptors (Lipinski definition) is 7. The van der Waals surface area contributed by atoms with Gasteiger partial charge >= 0.3 is 6.03 Å². The Morgan fingerprint density at radius 2 is 1.93 bits per heavy atom. The minimum Gasteiger partial charge on any atom is -0.493 e. The third kappa shape index (κ3) is 6.20. The van der Waals surface area contributed by atoms with E-state index in [4.69, 9.17) is 9.47 Å². The first-order valence-corrected chi connectivity index (χ1v) is 8.26. The van der Waals surface area contributed by atoms with Crippen molar-refractivity contribution in [1.29, 1.82) is 0 Å². The topological polar surface area (TPSA) is 144 Å². The minimum atomic E-state index is -0.695. The van der Waals surface area contributed by atoms with Crippen LogP contribution in [0, 0.1) is 10.1 Å². The van der Waals surface area contributed by atoms with E-state index in [0.717, 1.165) is 0 Å². The van der Waals surface area contributed by atoms with Crippen LogP contribution >= 0.6 is 0 Å². The summed E-state index contributed by atoms with van der Waals surface area (Å²) in [5, 5.41) is 19.3. The maximum Gasteiger partial charge on any atom is 0.319 e. The van der Waals surface area contributed by atoms with Crippen molar-refractivity contribution in [2.75, 3.05) is 26.1 Å². The lowest BCUT2D eigenvalue weighted by Gasteiger charge is -2.09. The van der Waals surface area contributed by atoms with Crippen molar-refractivity contribution in [3.8, 4) is 11.5 Å². The van der Waals surface area contributed by atoms with Crippen LogP contribution in [-0.2, 0) is 4.79 Å². The molecular weight excluding hydrogens is 382 g/mol. The van der Waals surface area contributed by atoms with Gasteiger partial charge in [-0.2, -0.15) is 5.10 Å². The van der Waals surface area contributed by atoms with Crippen molar-refractivity contribution in [2.24, 2.45) is 5.10 Å². The zero-order valence-corrected chi connectivity index (χ0v) is 15.7. The normalized spacial score (nSPS) is 10.3. The van der Waals surface area contributed by atoms with Gasteiger partial charge in [0.1, 0.15) is 6.54 Å². The van der Waals surface area contributed by atoms with Gasteiger partial charge in [0.2, 0.25) is 0 Å². The summed E-state index contributed by atoms with van der Waals surface area (Å²) in [5.74, 6) is 0.405. The van der Waals surface area contributed by atoms with E-state index in [0.29, 0.717) is 17.1 Å². The average molecular weight is 401 g/mol. The highest BCUT2D eigenvalue weighted by Gasteiger charge is 2.10. The fourth-order valence-electron chi connectivity index (χ4n) is 2.26. The molecule has 0 bridgehead atoms. The Balaban J connectivity index is 1.84. The molecule has 0 aliphatic carbocycles. The van der Waals surface area contributed by atoms with Gasteiger partial charge in [0, 0.05) is 23.4 Å². The number of rotatable bonds is 8. The van der Waals surface area contributed by atoms with Crippen molar-refractivity contribution in [2.45, 2.75) is 0 Å². The van der Waals surface area contributed by atoms with Crippen LogP contribution in [0.3, 0.4) is 0 Å². The molecule has 0 fully saturated rings. The number of para-hydroxylation sites is 1. The van der Waals surface area contributed by atoms with Gasteiger partial charge in [-0.3, -0.25) is 14.9 Å². The van der Waals surface area contributed by atoms with Gasteiger partial charge in [0.25, 0.3) is 11.6 Å². The fraction of sp³-hybridized carbons (Fsp3) is 0.167. The third-order valence-corrected chi connectivity index (χ3v) is 3.55. The number of methoxy groups -OCH3 is 2. The number of hydrogen-bond donors (Lipinski definition) is 3. The van der Waals surface area contributed by atoms with Gasteiger partial charge in [0.15, 0.2) is 11.5 Å². The summed E-state index contributed by atoms with van der Waals surface area (Å²) in [7, 11) is 2.99. The Kier molecular flexibility index (Phi) is 7.48. The number of nitro benzene ring substituents is 1. The van der Waals surface area contributed by atoms with E-state index in [2.05, 4.69) is 21.2 Å².